The lowest BCUT2D eigenvalue weighted by Crippen LogP contribution is -2.34. The Morgan fingerprint density at radius 3 is 2.52 bits per heavy atom. The maximum atomic E-state index is 12.8. The Morgan fingerprint density at radius 2 is 1.79 bits per heavy atom. The van der Waals surface area contributed by atoms with Crippen molar-refractivity contribution in [2.24, 2.45) is 5.92 Å². The highest BCUT2D eigenvalue weighted by atomic mass is 32.2. The Balaban J connectivity index is 1.72. The number of rotatable bonds is 7. The monoisotopic (exact) mass is 414 g/mol. The fraction of sp³-hybridized carbons (Fsp3) is 0.435. The van der Waals surface area contributed by atoms with Crippen LogP contribution in [0.5, 0.6) is 0 Å². The van der Waals surface area contributed by atoms with Gasteiger partial charge in [0.25, 0.3) is 5.91 Å². The Labute approximate surface area is 174 Å². The summed E-state index contributed by atoms with van der Waals surface area (Å²) >= 11 is 0. The summed E-state index contributed by atoms with van der Waals surface area (Å²) in [6, 6.07) is 14.5. The number of carbonyl (C=O) groups is 1. The van der Waals surface area contributed by atoms with E-state index in [1.165, 1.54) is 24.5 Å². The molecule has 0 bridgehead atoms. The second-order valence-electron chi connectivity index (χ2n) is 7.83. The Morgan fingerprint density at radius 1 is 1.10 bits per heavy atom. The average molecular weight is 415 g/mol. The van der Waals surface area contributed by atoms with Crippen molar-refractivity contribution < 1.29 is 13.2 Å². The van der Waals surface area contributed by atoms with Crippen molar-refractivity contribution in [3.8, 4) is 0 Å². The first-order valence-electron chi connectivity index (χ1n) is 10.3. The minimum absolute atomic E-state index is 0.0333. The first-order valence-corrected chi connectivity index (χ1v) is 11.9. The van der Waals surface area contributed by atoms with E-state index in [2.05, 4.69) is 23.2 Å². The van der Waals surface area contributed by atoms with Crippen LogP contribution in [0, 0.1) is 5.92 Å². The van der Waals surface area contributed by atoms with Crippen molar-refractivity contribution in [2.75, 3.05) is 18.8 Å². The molecule has 0 unspecified atom stereocenters. The number of carbonyl (C=O) groups excluding carboxylic acids is 1. The van der Waals surface area contributed by atoms with Gasteiger partial charge in [-0.2, -0.15) is 0 Å². The molecule has 0 aliphatic carbocycles. The van der Waals surface area contributed by atoms with Crippen LogP contribution in [-0.2, 0) is 22.9 Å². The average Bonchev–Trinajstić information content (AvgIpc) is 2.73. The minimum atomic E-state index is -3.46. The van der Waals surface area contributed by atoms with Crippen molar-refractivity contribution in [1.29, 1.82) is 0 Å². The first-order chi connectivity index (χ1) is 13.9. The van der Waals surface area contributed by atoms with Crippen molar-refractivity contribution in [3.05, 3.63) is 65.2 Å². The molecule has 2 aromatic rings. The maximum Gasteiger partial charge on any atom is 0.252 e. The van der Waals surface area contributed by atoms with Gasteiger partial charge in [0.15, 0.2) is 9.84 Å². The van der Waals surface area contributed by atoms with Crippen molar-refractivity contribution in [3.63, 3.8) is 0 Å². The predicted molar refractivity (Wildman–Crippen MR) is 115 cm³/mol. The van der Waals surface area contributed by atoms with E-state index in [-0.39, 0.29) is 22.1 Å². The summed E-state index contributed by atoms with van der Waals surface area (Å²) in [6.07, 6.45) is 2.51. The van der Waals surface area contributed by atoms with E-state index in [1.54, 1.807) is 25.1 Å². The van der Waals surface area contributed by atoms with E-state index < -0.39 is 9.84 Å². The third-order valence-electron chi connectivity index (χ3n) is 5.54. The molecule has 1 saturated heterocycles. The van der Waals surface area contributed by atoms with Crippen LogP contribution in [-0.4, -0.2) is 38.1 Å². The number of piperidine rings is 1. The third kappa shape index (κ3) is 5.46. The summed E-state index contributed by atoms with van der Waals surface area (Å²) in [4.78, 5) is 15.3. The molecule has 1 aliphatic rings. The first kappa shape index (κ1) is 21.5. The summed E-state index contributed by atoms with van der Waals surface area (Å²) < 4.78 is 24.6. The molecule has 156 valence electrons. The third-order valence-corrected chi connectivity index (χ3v) is 7.33. The van der Waals surface area contributed by atoms with Gasteiger partial charge in [-0.1, -0.05) is 50.2 Å². The largest absolute Gasteiger partial charge is 0.348 e. The van der Waals surface area contributed by atoms with Crippen LogP contribution in [0.15, 0.2) is 53.4 Å². The highest BCUT2D eigenvalue weighted by Crippen LogP contribution is 2.20. The molecular weight excluding hydrogens is 384 g/mol. The van der Waals surface area contributed by atoms with Gasteiger partial charge in [0.1, 0.15) is 0 Å². The SMILES string of the molecule is CCS(=O)(=O)c1ccccc1C(=O)NCc1ccccc1CN1CCC[C@H](C)C1. The molecule has 0 aromatic heterocycles. The van der Waals surface area contributed by atoms with E-state index >= 15 is 0 Å². The topological polar surface area (TPSA) is 66.5 Å². The van der Waals surface area contributed by atoms with Crippen molar-refractivity contribution in [1.82, 2.24) is 10.2 Å². The molecule has 5 nitrogen and oxygen atoms in total. The molecule has 1 fully saturated rings. The number of hydrogen-bond acceptors (Lipinski definition) is 4. The van der Waals surface area contributed by atoms with Crippen LogP contribution < -0.4 is 5.32 Å². The summed E-state index contributed by atoms with van der Waals surface area (Å²) in [5.74, 6) is 0.320. The molecule has 1 heterocycles. The fourth-order valence-corrected chi connectivity index (χ4v) is 5.00. The Kier molecular flexibility index (Phi) is 7.09. The molecule has 2 aromatic carbocycles. The van der Waals surface area contributed by atoms with Crippen LogP contribution in [0.25, 0.3) is 0 Å². The van der Waals surface area contributed by atoms with Crippen molar-refractivity contribution in [2.45, 2.75) is 44.7 Å². The molecule has 29 heavy (non-hydrogen) atoms. The molecule has 3 rings (SSSR count). The van der Waals surface area contributed by atoms with Crippen molar-refractivity contribution >= 4 is 15.7 Å². The molecule has 0 saturated carbocycles. The summed E-state index contributed by atoms with van der Waals surface area (Å²) in [7, 11) is -3.46. The van der Waals surface area contributed by atoms with Gasteiger partial charge in [0.2, 0.25) is 0 Å². The summed E-state index contributed by atoms with van der Waals surface area (Å²) in [5.41, 5.74) is 2.47. The van der Waals surface area contributed by atoms with Gasteiger partial charge in [-0.3, -0.25) is 9.69 Å². The molecule has 1 aliphatic heterocycles. The smallest absolute Gasteiger partial charge is 0.252 e. The van der Waals surface area contributed by atoms with E-state index in [9.17, 15) is 13.2 Å². The van der Waals surface area contributed by atoms with E-state index in [4.69, 9.17) is 0 Å². The maximum absolute atomic E-state index is 12.8. The number of likely N-dealkylation sites (tertiary alicyclic amines) is 1. The quantitative estimate of drug-likeness (QED) is 0.751. The fourth-order valence-electron chi connectivity index (χ4n) is 3.91. The van der Waals surface area contributed by atoms with Gasteiger partial charge in [-0.05, 0) is 48.6 Å². The highest BCUT2D eigenvalue weighted by Gasteiger charge is 2.21. The molecule has 0 radical (unpaired) electrons. The molecule has 6 heteroatoms. The van der Waals surface area contributed by atoms with Gasteiger partial charge in [0.05, 0.1) is 16.2 Å². The zero-order valence-electron chi connectivity index (χ0n) is 17.2. The zero-order valence-corrected chi connectivity index (χ0v) is 18.0. The van der Waals surface area contributed by atoms with Crippen LogP contribution >= 0.6 is 0 Å². The number of amides is 1. The zero-order chi connectivity index (χ0) is 20.9. The van der Waals surface area contributed by atoms with Crippen LogP contribution in [0.4, 0.5) is 0 Å². The van der Waals surface area contributed by atoms with Gasteiger partial charge in [0, 0.05) is 19.6 Å². The van der Waals surface area contributed by atoms with E-state index in [1.807, 2.05) is 18.2 Å². The van der Waals surface area contributed by atoms with Gasteiger partial charge < -0.3 is 5.32 Å². The summed E-state index contributed by atoms with van der Waals surface area (Å²) in [5, 5.41) is 2.92. The lowest BCUT2D eigenvalue weighted by atomic mass is 9.99. The lowest BCUT2D eigenvalue weighted by Gasteiger charge is -2.31. The number of hydrogen-bond donors (Lipinski definition) is 1. The van der Waals surface area contributed by atoms with Crippen LogP contribution in [0.1, 0.15) is 48.2 Å². The van der Waals surface area contributed by atoms with E-state index in [0.29, 0.717) is 12.5 Å². The second-order valence-corrected chi connectivity index (χ2v) is 10.1. The summed E-state index contributed by atoms with van der Waals surface area (Å²) in [6.45, 7) is 7.33. The van der Waals surface area contributed by atoms with Crippen LogP contribution in [0.3, 0.4) is 0 Å². The number of benzene rings is 2. The van der Waals surface area contributed by atoms with Gasteiger partial charge >= 0.3 is 0 Å². The lowest BCUT2D eigenvalue weighted by molar-refractivity contribution is 0.0947. The predicted octanol–water partition coefficient (Wildman–Crippen LogP) is 3.64. The number of nitrogens with one attached hydrogen (secondary N) is 1. The minimum Gasteiger partial charge on any atom is -0.348 e. The molecule has 0 spiro atoms. The van der Waals surface area contributed by atoms with Gasteiger partial charge in [-0.15, -0.1) is 0 Å². The molecule has 1 amide bonds. The molecular formula is C23H30N2O3S. The molecule has 1 atom stereocenters. The highest BCUT2D eigenvalue weighted by molar-refractivity contribution is 7.91. The van der Waals surface area contributed by atoms with Crippen LogP contribution in [0.2, 0.25) is 0 Å². The second kappa shape index (κ2) is 9.55. The number of nitrogens with zero attached hydrogens (tertiary/aromatic N) is 1. The normalized spacial score (nSPS) is 17.8. The Hall–Kier alpha value is -2.18. The molecule has 1 N–H and O–H groups in total. The standard InChI is InChI=1S/C23H30N2O3S/c1-3-29(27,28)22-13-7-6-12-21(22)23(26)24-15-19-10-4-5-11-20(19)17-25-14-8-9-18(2)16-25/h4-7,10-13,18H,3,8-9,14-17H2,1-2H3,(H,24,26)/t18-/m0/s1. The Bertz CT molecular complexity index is 956. The van der Waals surface area contributed by atoms with E-state index in [0.717, 1.165) is 25.2 Å². The number of sulfone groups is 1. The van der Waals surface area contributed by atoms with Gasteiger partial charge in [-0.25, -0.2) is 8.42 Å².